The van der Waals surface area contributed by atoms with E-state index < -0.39 is 5.97 Å². The van der Waals surface area contributed by atoms with Crippen molar-refractivity contribution in [2.45, 2.75) is 51.9 Å². The van der Waals surface area contributed by atoms with Crippen molar-refractivity contribution < 1.29 is 38.6 Å². The molecular weight excluding hydrogens is 1120 g/mol. The maximum absolute atomic E-state index is 13.8. The summed E-state index contributed by atoms with van der Waals surface area (Å²) in [5.41, 5.74) is 6.01. The number of hydrogen-bond donors (Lipinski definition) is 2. The Bertz CT molecular complexity index is 3010. The van der Waals surface area contributed by atoms with E-state index in [1.165, 1.54) is 42.6 Å². The first-order chi connectivity index (χ1) is 37.4. The van der Waals surface area contributed by atoms with Crippen molar-refractivity contribution in [1.82, 2.24) is 29.8 Å². The van der Waals surface area contributed by atoms with E-state index in [-0.39, 0.29) is 72.8 Å². The van der Waals surface area contributed by atoms with E-state index >= 15 is 0 Å². The van der Waals surface area contributed by atoms with Crippen LogP contribution >= 0.6 is 69.9 Å². The number of esters is 2. The molecule has 0 aliphatic carbocycles. The highest BCUT2D eigenvalue weighted by atomic mass is 35.5. The molecule has 2 amide bonds. The first-order valence-corrected chi connectivity index (χ1v) is 28.5. The molecule has 2 saturated heterocycles. The second kappa shape index (κ2) is 26.1. The summed E-state index contributed by atoms with van der Waals surface area (Å²) in [5.74, 6) is -1.42. The third-order valence-electron chi connectivity index (χ3n) is 13.7. The summed E-state index contributed by atoms with van der Waals surface area (Å²) in [7, 11) is 2.71. The van der Waals surface area contributed by atoms with Crippen LogP contribution in [0.25, 0.3) is 0 Å². The number of carbonyl (C=O) groups is 5. The molecule has 0 spiro atoms. The standard InChI is InChI=1S/C28H30Cl2N4O3S.C21H18Cl2N2O2S.C7H12N2O3/c1-17(2)24-26(27(36)33-14-12-32(13-15-33)16-22(35)37-3)38-28-31-23(18-4-8-20(29)9-5-18)25(34(24)28)19-6-10-21(30)11-7-19;1-11(2)17-19(20(26)27)28-21-24-16(12-3-7-14(22)8-4-12)18(25(17)21)13-5-9-15(23)10-6-13;1-12-7(11)5-9-3-2-8-4-6(9)10/h4-11,17,23,25H,12-16H2,1-3H3;3-11,16,18H,1-2H3,(H,26,27);8H,2-5H2,1H3. The Kier molecular flexibility index (Phi) is 19.6. The fraction of sp³-hybridized carbons (Fsp3) is 0.375. The number of fused-ring (bicyclic) bond motifs is 2. The summed E-state index contributed by atoms with van der Waals surface area (Å²) in [6, 6.07) is 30.5. The minimum absolute atomic E-state index is 0.0198. The number of carboxylic acid groups (broad SMARTS) is 1. The quantitative estimate of drug-likeness (QED) is 0.128. The molecule has 4 aromatic carbocycles. The monoisotopic (exact) mass is 1180 g/mol. The lowest BCUT2D eigenvalue weighted by atomic mass is 9.92. The van der Waals surface area contributed by atoms with Crippen molar-refractivity contribution in [2.75, 3.05) is 73.1 Å². The van der Waals surface area contributed by atoms with E-state index in [0.717, 1.165) is 55.4 Å². The van der Waals surface area contributed by atoms with Gasteiger partial charge in [0.2, 0.25) is 5.91 Å². The van der Waals surface area contributed by atoms with Crippen molar-refractivity contribution in [1.29, 1.82) is 0 Å². The number of halogens is 4. The molecule has 2 fully saturated rings. The third-order valence-corrected chi connectivity index (χ3v) is 16.9. The van der Waals surface area contributed by atoms with Crippen LogP contribution in [0.2, 0.25) is 20.1 Å². The van der Waals surface area contributed by atoms with Crippen molar-refractivity contribution in [3.05, 3.63) is 161 Å². The zero-order valence-corrected chi connectivity index (χ0v) is 48.5. The van der Waals surface area contributed by atoms with Crippen molar-refractivity contribution in [3.8, 4) is 0 Å². The van der Waals surface area contributed by atoms with Gasteiger partial charge in [0.15, 0.2) is 10.3 Å². The number of amides is 2. The summed E-state index contributed by atoms with van der Waals surface area (Å²) >= 11 is 27.3. The summed E-state index contributed by atoms with van der Waals surface area (Å²) in [5, 5.41) is 16.9. The van der Waals surface area contributed by atoms with Crippen LogP contribution in [0.3, 0.4) is 0 Å². The summed E-state index contributed by atoms with van der Waals surface area (Å²) in [6.45, 7) is 12.6. The topological polar surface area (TPSA) is 177 Å². The van der Waals surface area contributed by atoms with E-state index in [2.05, 4.69) is 33.7 Å². The summed E-state index contributed by atoms with van der Waals surface area (Å²) < 4.78 is 9.23. The molecule has 78 heavy (non-hydrogen) atoms. The van der Waals surface area contributed by atoms with E-state index in [9.17, 15) is 29.1 Å². The smallest absolute Gasteiger partial charge is 0.344 e. The lowest BCUT2D eigenvalue weighted by Gasteiger charge is -2.35. The van der Waals surface area contributed by atoms with Gasteiger partial charge in [-0.05, 0) is 106 Å². The van der Waals surface area contributed by atoms with Crippen LogP contribution in [0.4, 0.5) is 0 Å². The van der Waals surface area contributed by atoms with Crippen molar-refractivity contribution in [3.63, 3.8) is 0 Å². The summed E-state index contributed by atoms with van der Waals surface area (Å²) in [4.78, 5) is 80.1. The summed E-state index contributed by atoms with van der Waals surface area (Å²) in [6.07, 6.45) is 0. The fourth-order valence-electron chi connectivity index (χ4n) is 9.92. The van der Waals surface area contributed by atoms with Crippen LogP contribution in [0.1, 0.15) is 74.1 Å². The molecule has 0 aromatic heterocycles. The molecule has 4 unspecified atom stereocenters. The number of nitrogens with zero attached hydrogens (tertiary/aromatic N) is 7. The zero-order chi connectivity index (χ0) is 55.9. The van der Waals surface area contributed by atoms with Crippen LogP contribution in [0.15, 0.2) is 128 Å². The molecule has 6 aliphatic heterocycles. The van der Waals surface area contributed by atoms with Gasteiger partial charge < -0.3 is 39.5 Å². The molecule has 22 heteroatoms. The maximum Gasteiger partial charge on any atom is 0.344 e. The highest BCUT2D eigenvalue weighted by Gasteiger charge is 2.49. The van der Waals surface area contributed by atoms with E-state index in [4.69, 9.17) is 61.1 Å². The van der Waals surface area contributed by atoms with Gasteiger partial charge in [-0.15, -0.1) is 0 Å². The highest BCUT2D eigenvalue weighted by Crippen LogP contribution is 2.55. The van der Waals surface area contributed by atoms with E-state index in [0.29, 0.717) is 64.3 Å². The van der Waals surface area contributed by atoms with Gasteiger partial charge >= 0.3 is 17.9 Å². The van der Waals surface area contributed by atoms with Gasteiger partial charge in [-0.25, -0.2) is 4.79 Å². The number of hydrogen-bond acceptors (Lipinski definition) is 15. The Labute approximate surface area is 482 Å². The minimum Gasteiger partial charge on any atom is -0.477 e. The number of carboxylic acids is 1. The molecule has 0 radical (unpaired) electrons. The van der Waals surface area contributed by atoms with Gasteiger partial charge in [0.25, 0.3) is 5.91 Å². The van der Waals surface area contributed by atoms with Gasteiger partial charge in [0.05, 0.1) is 39.4 Å². The van der Waals surface area contributed by atoms with Gasteiger partial charge in [-0.2, -0.15) is 0 Å². The lowest BCUT2D eigenvalue weighted by Crippen LogP contribution is -2.50. The molecule has 4 aromatic rings. The van der Waals surface area contributed by atoms with Gasteiger partial charge in [0, 0.05) is 70.8 Å². The molecule has 412 valence electrons. The number of ether oxygens (including phenoxy) is 2. The normalized spacial score (nSPS) is 20.9. The number of nitrogens with one attached hydrogen (secondary N) is 1. The van der Waals surface area contributed by atoms with E-state index in [1.54, 1.807) is 0 Å². The SMILES string of the molecule is CC(C)C1=C(C(=O)O)SC2=NC(c3ccc(Cl)cc3)C(c3ccc(Cl)cc3)N21.COC(=O)CN1CCN(C(=O)C2=C(C(C)C)N3C(=NC(c4ccc(Cl)cc4)C3c3ccc(Cl)cc3)S2)CC1.COC(=O)CN1CCNCC1=O. The largest absolute Gasteiger partial charge is 0.477 e. The fourth-order valence-corrected chi connectivity index (χ4v) is 12.9. The number of piperazine rings is 2. The highest BCUT2D eigenvalue weighted by molar-refractivity contribution is 8.18. The number of allylic oxidation sites excluding steroid dienone is 2. The zero-order valence-electron chi connectivity index (χ0n) is 43.8. The molecule has 6 aliphatic rings. The van der Waals surface area contributed by atoms with Crippen LogP contribution in [0, 0.1) is 11.8 Å². The molecule has 0 bridgehead atoms. The molecular formula is C56H60Cl4N8O8S2. The Morgan fingerprint density at radius 1 is 0.603 bits per heavy atom. The third kappa shape index (κ3) is 13.4. The lowest BCUT2D eigenvalue weighted by molar-refractivity contribution is -0.147. The minimum atomic E-state index is -0.913. The number of methoxy groups -OCH3 is 2. The number of thioether (sulfide) groups is 2. The van der Waals surface area contributed by atoms with Gasteiger partial charge in [0.1, 0.15) is 28.4 Å². The molecule has 0 saturated carbocycles. The number of aliphatic imine (C=N–C) groups is 2. The number of aliphatic carboxylic acids is 1. The maximum atomic E-state index is 13.8. The molecule has 10 rings (SSSR count). The predicted octanol–water partition coefficient (Wildman–Crippen LogP) is 10.1. The molecule has 4 atom stereocenters. The Balaban J connectivity index is 0.000000175. The Morgan fingerprint density at radius 2 is 1.00 bits per heavy atom. The van der Waals surface area contributed by atoms with E-state index in [1.807, 2.05) is 121 Å². The second-order valence-corrected chi connectivity index (χ2v) is 23.2. The first kappa shape index (κ1) is 58.6. The van der Waals surface area contributed by atoms with Crippen molar-refractivity contribution in [2.24, 2.45) is 21.8 Å². The number of benzene rings is 4. The molecule has 6 heterocycles. The average Bonchev–Trinajstić information content (AvgIpc) is 4.30. The number of carbonyl (C=O) groups excluding carboxylic acids is 4. The van der Waals surface area contributed by atoms with Crippen LogP contribution in [-0.4, -0.2) is 143 Å². The molecule has 16 nitrogen and oxygen atoms in total. The first-order valence-electron chi connectivity index (χ1n) is 25.3. The van der Waals surface area contributed by atoms with Gasteiger partial charge in [-0.1, -0.05) is 123 Å². The van der Waals surface area contributed by atoms with Crippen LogP contribution in [0.5, 0.6) is 0 Å². The van der Waals surface area contributed by atoms with Gasteiger partial charge in [-0.3, -0.25) is 34.1 Å². The number of rotatable bonds is 12. The Morgan fingerprint density at radius 3 is 1.40 bits per heavy atom. The molecule has 2 N–H and O–H groups in total. The van der Waals surface area contributed by atoms with Crippen LogP contribution in [-0.2, 0) is 33.4 Å². The number of amidine groups is 2. The second-order valence-electron chi connectivity index (χ2n) is 19.5. The van der Waals surface area contributed by atoms with Crippen LogP contribution < -0.4 is 5.32 Å². The average molecular weight is 1180 g/mol. The van der Waals surface area contributed by atoms with Crippen molar-refractivity contribution >= 4 is 110 Å². The predicted molar refractivity (Wildman–Crippen MR) is 308 cm³/mol. The Hall–Kier alpha value is -5.57.